The maximum Gasteiger partial charge on any atom is 0.358 e. The van der Waals surface area contributed by atoms with Gasteiger partial charge in [-0.2, -0.15) is 0 Å². The number of rotatable bonds is 5. The Hall–Kier alpha value is -3.50. The number of hydrogen-bond donors (Lipinski definition) is 5. The summed E-state index contributed by atoms with van der Waals surface area (Å²) in [4.78, 5) is 42.4. The first kappa shape index (κ1) is 19.8. The standard InChI is InChI=1S/C20H18N4O5S/c25-14(9-13-11-4-2-1-3-10(11)5-7-21-13)22-12-6-8-30-17(12)18-23-15(20(28)29)16(26)19(27)24-18/h1-4,6,8,13,21,26H,5,7,9H2,(H,22,25)(H,28,29)(H,23,24,27). The third kappa shape index (κ3) is 3.82. The Morgan fingerprint density at radius 3 is 2.87 bits per heavy atom. The molecule has 30 heavy (non-hydrogen) atoms. The molecular formula is C20H18N4O5S. The minimum atomic E-state index is -1.52. The summed E-state index contributed by atoms with van der Waals surface area (Å²) in [6.07, 6.45) is 1.13. The van der Waals surface area contributed by atoms with Gasteiger partial charge in [-0.15, -0.1) is 11.3 Å². The number of nitrogens with zero attached hydrogens (tertiary/aromatic N) is 1. The van der Waals surface area contributed by atoms with Gasteiger partial charge in [0.05, 0.1) is 10.6 Å². The molecule has 0 radical (unpaired) electrons. The topological polar surface area (TPSA) is 144 Å². The fraction of sp³-hybridized carbons (Fsp3) is 0.200. The molecule has 1 unspecified atom stereocenters. The number of aromatic hydroxyl groups is 1. The Labute approximate surface area is 174 Å². The molecule has 3 aromatic rings. The van der Waals surface area contributed by atoms with Crippen LogP contribution in [0.5, 0.6) is 5.75 Å². The van der Waals surface area contributed by atoms with Crippen molar-refractivity contribution in [3.63, 3.8) is 0 Å². The molecule has 9 nitrogen and oxygen atoms in total. The second kappa shape index (κ2) is 8.09. The predicted octanol–water partition coefficient (Wildman–Crippen LogP) is 2.12. The number of carbonyl (C=O) groups excluding carboxylic acids is 1. The van der Waals surface area contributed by atoms with E-state index in [-0.39, 0.29) is 24.2 Å². The third-order valence-corrected chi connectivity index (χ3v) is 5.78. The average molecular weight is 426 g/mol. The number of nitrogens with one attached hydrogen (secondary N) is 3. The highest BCUT2D eigenvalue weighted by atomic mass is 32.1. The highest BCUT2D eigenvalue weighted by molar-refractivity contribution is 7.14. The van der Waals surface area contributed by atoms with Gasteiger partial charge in [0.2, 0.25) is 11.7 Å². The van der Waals surface area contributed by atoms with Crippen LogP contribution in [0.4, 0.5) is 5.69 Å². The first-order valence-electron chi connectivity index (χ1n) is 9.19. The van der Waals surface area contributed by atoms with Crippen LogP contribution in [-0.2, 0) is 11.2 Å². The van der Waals surface area contributed by atoms with Gasteiger partial charge in [0.1, 0.15) is 0 Å². The largest absolute Gasteiger partial charge is 0.501 e. The molecule has 0 bridgehead atoms. The van der Waals surface area contributed by atoms with Gasteiger partial charge < -0.3 is 25.8 Å². The second-order valence-corrected chi connectivity index (χ2v) is 7.70. The predicted molar refractivity (Wildman–Crippen MR) is 111 cm³/mol. The molecule has 154 valence electrons. The molecule has 0 saturated heterocycles. The van der Waals surface area contributed by atoms with Gasteiger partial charge in [0, 0.05) is 12.5 Å². The highest BCUT2D eigenvalue weighted by Gasteiger charge is 2.23. The van der Waals surface area contributed by atoms with Gasteiger partial charge >= 0.3 is 5.97 Å². The number of aromatic amines is 1. The summed E-state index contributed by atoms with van der Waals surface area (Å²) >= 11 is 1.18. The minimum Gasteiger partial charge on any atom is -0.501 e. The molecule has 1 aliphatic rings. The first-order chi connectivity index (χ1) is 14.4. The number of anilines is 1. The normalized spacial score (nSPS) is 15.4. The second-order valence-electron chi connectivity index (χ2n) is 6.79. The molecule has 1 aliphatic heterocycles. The first-order valence-corrected chi connectivity index (χ1v) is 10.1. The molecule has 2 aromatic heterocycles. The number of carbonyl (C=O) groups is 2. The Bertz CT molecular complexity index is 1190. The van der Waals surface area contributed by atoms with Crippen molar-refractivity contribution < 1.29 is 19.8 Å². The SMILES string of the molecule is O=C(CC1NCCc2ccccc21)Nc1ccsc1-c1nc(C(=O)O)c(O)c(=O)[nH]1. The maximum absolute atomic E-state index is 12.7. The van der Waals surface area contributed by atoms with Gasteiger partial charge in [0.25, 0.3) is 5.56 Å². The number of aromatic carboxylic acids is 1. The van der Waals surface area contributed by atoms with Crippen LogP contribution in [0.15, 0.2) is 40.5 Å². The van der Waals surface area contributed by atoms with Crippen molar-refractivity contribution in [2.75, 3.05) is 11.9 Å². The quantitative estimate of drug-likeness (QED) is 0.420. The van der Waals surface area contributed by atoms with Crippen LogP contribution in [0.2, 0.25) is 0 Å². The summed E-state index contributed by atoms with van der Waals surface area (Å²) in [7, 11) is 0. The van der Waals surface area contributed by atoms with Gasteiger partial charge in [-0.3, -0.25) is 9.59 Å². The van der Waals surface area contributed by atoms with Crippen LogP contribution in [-0.4, -0.2) is 38.6 Å². The lowest BCUT2D eigenvalue weighted by Crippen LogP contribution is -2.32. The zero-order chi connectivity index (χ0) is 21.3. The van der Waals surface area contributed by atoms with Gasteiger partial charge in [-0.1, -0.05) is 24.3 Å². The number of carboxylic acids is 1. The van der Waals surface area contributed by atoms with E-state index in [1.54, 1.807) is 11.4 Å². The van der Waals surface area contributed by atoms with E-state index in [0.29, 0.717) is 10.6 Å². The van der Waals surface area contributed by atoms with Crippen LogP contribution in [0.25, 0.3) is 10.7 Å². The number of carboxylic acid groups (broad SMARTS) is 1. The molecular weight excluding hydrogens is 408 g/mol. The third-order valence-electron chi connectivity index (χ3n) is 4.86. The zero-order valence-corrected chi connectivity index (χ0v) is 16.5. The van der Waals surface area contributed by atoms with E-state index in [1.165, 1.54) is 16.9 Å². The summed E-state index contributed by atoms with van der Waals surface area (Å²) in [6, 6.07) is 9.53. The molecule has 4 rings (SSSR count). The molecule has 10 heteroatoms. The monoisotopic (exact) mass is 426 g/mol. The molecule has 1 aromatic carbocycles. The van der Waals surface area contributed by atoms with Crippen molar-refractivity contribution in [1.82, 2.24) is 15.3 Å². The van der Waals surface area contributed by atoms with Gasteiger partial charge in [0.15, 0.2) is 11.5 Å². The number of hydrogen-bond acceptors (Lipinski definition) is 7. The summed E-state index contributed by atoms with van der Waals surface area (Å²) in [5.41, 5.74) is 1.00. The molecule has 0 fully saturated rings. The lowest BCUT2D eigenvalue weighted by atomic mass is 9.92. The number of fused-ring (bicyclic) bond motifs is 1. The Morgan fingerprint density at radius 1 is 1.27 bits per heavy atom. The van der Waals surface area contributed by atoms with E-state index >= 15 is 0 Å². The van der Waals surface area contributed by atoms with E-state index in [9.17, 15) is 19.5 Å². The molecule has 0 saturated carbocycles. The number of thiophene rings is 1. The fourth-order valence-corrected chi connectivity index (χ4v) is 4.27. The van der Waals surface area contributed by atoms with E-state index in [1.807, 2.05) is 18.2 Å². The summed E-state index contributed by atoms with van der Waals surface area (Å²) in [5, 5.41) is 26.6. The van der Waals surface area contributed by atoms with Crippen molar-refractivity contribution >= 4 is 28.9 Å². The van der Waals surface area contributed by atoms with E-state index < -0.39 is 23.0 Å². The van der Waals surface area contributed by atoms with E-state index in [0.717, 1.165) is 18.5 Å². The lowest BCUT2D eigenvalue weighted by molar-refractivity contribution is -0.116. The van der Waals surface area contributed by atoms with E-state index in [2.05, 4.69) is 26.7 Å². The van der Waals surface area contributed by atoms with Crippen molar-refractivity contribution in [1.29, 1.82) is 0 Å². The number of benzene rings is 1. The smallest absolute Gasteiger partial charge is 0.358 e. The van der Waals surface area contributed by atoms with Crippen LogP contribution in [0.3, 0.4) is 0 Å². The summed E-state index contributed by atoms with van der Waals surface area (Å²) in [6.45, 7) is 0.787. The van der Waals surface area contributed by atoms with Crippen molar-refractivity contribution in [2.45, 2.75) is 18.9 Å². The highest BCUT2D eigenvalue weighted by Crippen LogP contribution is 2.32. The molecule has 0 aliphatic carbocycles. The van der Waals surface area contributed by atoms with E-state index in [4.69, 9.17) is 5.11 Å². The number of H-pyrrole nitrogens is 1. The molecule has 1 amide bonds. The molecule has 0 spiro atoms. The van der Waals surface area contributed by atoms with Gasteiger partial charge in [-0.05, 0) is 35.5 Å². The molecule has 5 N–H and O–H groups in total. The van der Waals surface area contributed by atoms with Crippen molar-refractivity contribution in [3.05, 3.63) is 62.9 Å². The molecule has 1 atom stereocenters. The minimum absolute atomic E-state index is 0.0402. The van der Waals surface area contributed by atoms with Crippen LogP contribution >= 0.6 is 11.3 Å². The van der Waals surface area contributed by atoms with Crippen LogP contribution in [0.1, 0.15) is 34.1 Å². The Kier molecular flexibility index (Phi) is 5.34. The Balaban J connectivity index is 1.56. The zero-order valence-electron chi connectivity index (χ0n) is 15.6. The Morgan fingerprint density at radius 2 is 2.07 bits per heavy atom. The van der Waals surface area contributed by atoms with Crippen molar-refractivity contribution in [3.8, 4) is 16.5 Å². The van der Waals surface area contributed by atoms with Crippen LogP contribution < -0.4 is 16.2 Å². The molecule has 3 heterocycles. The maximum atomic E-state index is 12.7. The van der Waals surface area contributed by atoms with Crippen LogP contribution in [0, 0.1) is 0 Å². The van der Waals surface area contributed by atoms with Gasteiger partial charge in [-0.25, -0.2) is 9.78 Å². The summed E-state index contributed by atoms with van der Waals surface area (Å²) in [5.74, 6) is -2.76. The lowest BCUT2D eigenvalue weighted by Gasteiger charge is -2.26. The average Bonchev–Trinajstić information content (AvgIpc) is 3.18. The number of amides is 1. The van der Waals surface area contributed by atoms with Crippen molar-refractivity contribution in [2.24, 2.45) is 0 Å². The summed E-state index contributed by atoms with van der Waals surface area (Å²) < 4.78 is 0. The number of aromatic nitrogens is 2. The fourth-order valence-electron chi connectivity index (χ4n) is 3.48.